The van der Waals surface area contributed by atoms with Crippen LogP contribution in [0.15, 0.2) is 29.8 Å². The molecule has 0 unspecified atom stereocenters. The lowest BCUT2D eigenvalue weighted by atomic mass is 10.1. The molecule has 0 bridgehead atoms. The summed E-state index contributed by atoms with van der Waals surface area (Å²) in [5, 5.41) is 17.2. The van der Waals surface area contributed by atoms with Gasteiger partial charge in [0.2, 0.25) is 0 Å². The quantitative estimate of drug-likeness (QED) is 0.775. The maximum absolute atomic E-state index is 10.5. The highest BCUT2D eigenvalue weighted by atomic mass is 16.5. The second-order valence-corrected chi connectivity index (χ2v) is 3.11. The first kappa shape index (κ1) is 12.3. The summed E-state index contributed by atoms with van der Waals surface area (Å²) in [7, 11) is 0. The van der Waals surface area contributed by atoms with Gasteiger partial charge in [0.05, 0.1) is 0 Å². The number of nitriles is 2. The van der Waals surface area contributed by atoms with E-state index in [2.05, 4.69) is 0 Å². The molecular weight excluding hydrogens is 218 g/mol. The van der Waals surface area contributed by atoms with E-state index in [1.807, 2.05) is 0 Å². The molecule has 5 heteroatoms. The molecule has 0 aromatic heterocycles. The van der Waals surface area contributed by atoms with Crippen LogP contribution >= 0.6 is 0 Å². The van der Waals surface area contributed by atoms with Crippen molar-refractivity contribution in [1.29, 1.82) is 10.5 Å². The van der Waals surface area contributed by atoms with Crippen molar-refractivity contribution in [3.05, 3.63) is 35.4 Å². The Hall–Kier alpha value is -2.79. The number of carbonyl (C=O) groups is 1. The Labute approximate surface area is 98.3 Å². The average Bonchev–Trinajstić information content (AvgIpc) is 2.34. The van der Waals surface area contributed by atoms with Gasteiger partial charge >= 0.3 is 0 Å². The Kier molecular flexibility index (Phi) is 4.29. The van der Waals surface area contributed by atoms with Crippen LogP contribution in [-0.4, -0.2) is 12.5 Å². The topological polar surface area (TPSA) is 99.9 Å². The van der Waals surface area contributed by atoms with Crippen LogP contribution in [0.25, 0.3) is 6.08 Å². The van der Waals surface area contributed by atoms with Gasteiger partial charge in [0.15, 0.2) is 6.61 Å². The minimum absolute atomic E-state index is 0.00273. The SMILES string of the molecule is N#CC(C#N)=Cc1cccc(OCC(N)=O)c1. The van der Waals surface area contributed by atoms with Crippen molar-refractivity contribution in [2.24, 2.45) is 5.73 Å². The van der Waals surface area contributed by atoms with Crippen LogP contribution in [0.1, 0.15) is 5.56 Å². The third-order valence-corrected chi connectivity index (χ3v) is 1.79. The number of rotatable bonds is 4. The maximum atomic E-state index is 10.5. The van der Waals surface area contributed by atoms with Gasteiger partial charge in [-0.2, -0.15) is 10.5 Å². The summed E-state index contributed by atoms with van der Waals surface area (Å²) in [6.45, 7) is -0.212. The molecule has 5 nitrogen and oxygen atoms in total. The molecule has 0 saturated carbocycles. The standard InChI is InChI=1S/C12H9N3O2/c13-6-10(7-14)4-9-2-1-3-11(5-9)17-8-12(15)16/h1-5H,8H2,(H2,15,16). The molecule has 0 aliphatic rings. The van der Waals surface area contributed by atoms with Crippen molar-refractivity contribution in [2.45, 2.75) is 0 Å². The minimum atomic E-state index is -0.569. The molecule has 0 heterocycles. The van der Waals surface area contributed by atoms with E-state index in [9.17, 15) is 4.79 Å². The lowest BCUT2D eigenvalue weighted by Crippen LogP contribution is -2.19. The third kappa shape index (κ3) is 4.06. The Balaban J connectivity index is 2.87. The highest BCUT2D eigenvalue weighted by Crippen LogP contribution is 2.15. The largest absolute Gasteiger partial charge is 0.484 e. The Morgan fingerprint density at radius 3 is 2.71 bits per heavy atom. The van der Waals surface area contributed by atoms with Gasteiger partial charge in [0.1, 0.15) is 23.5 Å². The molecule has 0 saturated heterocycles. The van der Waals surface area contributed by atoms with Gasteiger partial charge in [0.25, 0.3) is 5.91 Å². The number of ether oxygens (including phenoxy) is 1. The maximum Gasteiger partial charge on any atom is 0.255 e. The number of hydrogen-bond donors (Lipinski definition) is 1. The van der Waals surface area contributed by atoms with Gasteiger partial charge < -0.3 is 10.5 Å². The van der Waals surface area contributed by atoms with E-state index in [0.717, 1.165) is 0 Å². The summed E-state index contributed by atoms with van der Waals surface area (Å²) < 4.78 is 5.09. The number of primary amides is 1. The molecular formula is C12H9N3O2. The van der Waals surface area contributed by atoms with Gasteiger partial charge in [-0.15, -0.1) is 0 Å². The normalized spacial score (nSPS) is 8.59. The highest BCUT2D eigenvalue weighted by molar-refractivity contribution is 5.75. The van der Waals surface area contributed by atoms with Crippen LogP contribution in [-0.2, 0) is 4.79 Å². The Morgan fingerprint density at radius 2 is 2.12 bits per heavy atom. The number of benzene rings is 1. The van der Waals surface area contributed by atoms with Crippen LogP contribution in [0, 0.1) is 22.7 Å². The predicted octanol–water partition coefficient (Wildman–Crippen LogP) is 0.981. The van der Waals surface area contributed by atoms with Crippen molar-refractivity contribution in [1.82, 2.24) is 0 Å². The molecule has 84 valence electrons. The first-order valence-corrected chi connectivity index (χ1v) is 4.69. The molecule has 2 N–H and O–H groups in total. The third-order valence-electron chi connectivity index (χ3n) is 1.79. The van der Waals surface area contributed by atoms with Gasteiger partial charge in [-0.1, -0.05) is 12.1 Å². The van der Waals surface area contributed by atoms with E-state index >= 15 is 0 Å². The number of nitrogens with two attached hydrogens (primary N) is 1. The molecule has 0 fully saturated rings. The summed E-state index contributed by atoms with van der Waals surface area (Å²) in [6, 6.07) is 10.2. The fourth-order valence-corrected chi connectivity index (χ4v) is 1.10. The van der Waals surface area contributed by atoms with Crippen molar-refractivity contribution < 1.29 is 9.53 Å². The van der Waals surface area contributed by atoms with E-state index in [1.54, 1.807) is 36.4 Å². The van der Waals surface area contributed by atoms with Crippen molar-refractivity contribution in [2.75, 3.05) is 6.61 Å². The molecule has 0 radical (unpaired) electrons. The second-order valence-electron chi connectivity index (χ2n) is 3.11. The van der Waals surface area contributed by atoms with Crippen LogP contribution in [0.4, 0.5) is 0 Å². The summed E-state index contributed by atoms with van der Waals surface area (Å²) in [6.07, 6.45) is 1.43. The molecule has 0 spiro atoms. The van der Waals surface area contributed by atoms with E-state index in [-0.39, 0.29) is 12.2 Å². The van der Waals surface area contributed by atoms with Crippen LogP contribution in [0.5, 0.6) is 5.75 Å². The average molecular weight is 227 g/mol. The smallest absolute Gasteiger partial charge is 0.255 e. The zero-order valence-corrected chi connectivity index (χ0v) is 8.88. The number of nitrogens with zero attached hydrogens (tertiary/aromatic N) is 2. The molecule has 0 aliphatic heterocycles. The van der Waals surface area contributed by atoms with Crippen LogP contribution in [0.2, 0.25) is 0 Å². The van der Waals surface area contributed by atoms with Crippen molar-refractivity contribution >= 4 is 12.0 Å². The van der Waals surface area contributed by atoms with Crippen LogP contribution in [0.3, 0.4) is 0 Å². The zero-order valence-electron chi connectivity index (χ0n) is 8.88. The van der Waals surface area contributed by atoms with Gasteiger partial charge in [-0.3, -0.25) is 4.79 Å². The second kappa shape index (κ2) is 5.94. The van der Waals surface area contributed by atoms with E-state index in [1.165, 1.54) is 6.08 Å². The highest BCUT2D eigenvalue weighted by Gasteiger charge is 1.99. The van der Waals surface area contributed by atoms with E-state index < -0.39 is 5.91 Å². The van der Waals surface area contributed by atoms with E-state index in [4.69, 9.17) is 21.0 Å². The Bertz CT molecular complexity index is 519. The number of hydrogen-bond acceptors (Lipinski definition) is 4. The first-order valence-electron chi connectivity index (χ1n) is 4.69. The number of amides is 1. The lowest BCUT2D eigenvalue weighted by molar-refractivity contribution is -0.119. The first-order chi connectivity index (χ1) is 8.15. The summed E-state index contributed by atoms with van der Waals surface area (Å²) in [5.74, 6) is -0.117. The summed E-state index contributed by atoms with van der Waals surface area (Å²) >= 11 is 0. The monoisotopic (exact) mass is 227 g/mol. The molecule has 17 heavy (non-hydrogen) atoms. The molecule has 1 aromatic rings. The number of allylic oxidation sites excluding steroid dienone is 1. The number of carbonyl (C=O) groups excluding carboxylic acids is 1. The predicted molar refractivity (Wildman–Crippen MR) is 60.3 cm³/mol. The molecule has 1 aromatic carbocycles. The molecule has 0 atom stereocenters. The van der Waals surface area contributed by atoms with Crippen molar-refractivity contribution in [3.8, 4) is 17.9 Å². The molecule has 0 aliphatic carbocycles. The van der Waals surface area contributed by atoms with Gasteiger partial charge in [0, 0.05) is 0 Å². The summed E-state index contributed by atoms with van der Waals surface area (Å²) in [5.41, 5.74) is 5.58. The fourth-order valence-electron chi connectivity index (χ4n) is 1.10. The zero-order chi connectivity index (χ0) is 12.7. The van der Waals surface area contributed by atoms with Crippen molar-refractivity contribution in [3.63, 3.8) is 0 Å². The fraction of sp³-hybridized carbons (Fsp3) is 0.0833. The lowest BCUT2D eigenvalue weighted by Gasteiger charge is -2.03. The minimum Gasteiger partial charge on any atom is -0.484 e. The van der Waals surface area contributed by atoms with E-state index in [0.29, 0.717) is 11.3 Å². The summed E-state index contributed by atoms with van der Waals surface area (Å²) in [4.78, 5) is 10.5. The van der Waals surface area contributed by atoms with Crippen LogP contribution < -0.4 is 10.5 Å². The molecule has 1 rings (SSSR count). The Morgan fingerprint density at radius 1 is 1.41 bits per heavy atom. The molecule has 1 amide bonds. The van der Waals surface area contributed by atoms with Gasteiger partial charge in [-0.05, 0) is 23.8 Å². The van der Waals surface area contributed by atoms with Gasteiger partial charge in [-0.25, -0.2) is 0 Å².